The Labute approximate surface area is 121 Å². The lowest BCUT2D eigenvalue weighted by atomic mass is 10.2. The molecule has 1 aromatic carbocycles. The number of nitrogens with one attached hydrogen (secondary N) is 2. The van der Waals surface area contributed by atoms with Crippen LogP contribution in [0.2, 0.25) is 0 Å². The second-order valence-corrected chi connectivity index (χ2v) is 7.08. The number of benzene rings is 1. The summed E-state index contributed by atoms with van der Waals surface area (Å²) in [5.74, 6) is -0.499. The second-order valence-electron chi connectivity index (χ2n) is 4.00. The van der Waals surface area contributed by atoms with E-state index in [1.54, 1.807) is 36.4 Å². The number of sulfonamides is 1. The molecule has 0 aliphatic rings. The number of rotatable bonds is 5. The van der Waals surface area contributed by atoms with Gasteiger partial charge in [-0.25, -0.2) is 8.42 Å². The van der Waals surface area contributed by atoms with Gasteiger partial charge >= 0.3 is 0 Å². The van der Waals surface area contributed by atoms with Gasteiger partial charge in [0.15, 0.2) is 0 Å². The standard InChI is InChI=1S/C13H14N2O3S2/c1-2-11-8-9-12(19-11)20(17,18)15-14-13(16)10-6-4-3-5-7-10/h3-9,15H,2H2,1H3,(H,14,16). The highest BCUT2D eigenvalue weighted by molar-refractivity contribution is 7.91. The lowest BCUT2D eigenvalue weighted by molar-refractivity contribution is 0.0945. The first kappa shape index (κ1) is 14.7. The van der Waals surface area contributed by atoms with Crippen molar-refractivity contribution in [2.24, 2.45) is 0 Å². The lowest BCUT2D eigenvalue weighted by Crippen LogP contribution is -2.41. The van der Waals surface area contributed by atoms with Crippen LogP contribution in [0.15, 0.2) is 46.7 Å². The number of hydrogen-bond donors (Lipinski definition) is 2. The van der Waals surface area contributed by atoms with Gasteiger partial charge in [-0.15, -0.1) is 16.2 Å². The van der Waals surface area contributed by atoms with Crippen LogP contribution in [-0.4, -0.2) is 14.3 Å². The van der Waals surface area contributed by atoms with Crippen LogP contribution in [0, 0.1) is 0 Å². The quantitative estimate of drug-likeness (QED) is 0.829. The molecule has 7 heteroatoms. The Morgan fingerprint density at radius 2 is 1.85 bits per heavy atom. The molecule has 5 nitrogen and oxygen atoms in total. The monoisotopic (exact) mass is 310 g/mol. The number of carbonyl (C=O) groups is 1. The Morgan fingerprint density at radius 1 is 1.15 bits per heavy atom. The first-order valence-electron chi connectivity index (χ1n) is 5.99. The summed E-state index contributed by atoms with van der Waals surface area (Å²) in [7, 11) is -3.72. The van der Waals surface area contributed by atoms with Crippen molar-refractivity contribution in [1.82, 2.24) is 10.3 Å². The fraction of sp³-hybridized carbons (Fsp3) is 0.154. The average molecular weight is 310 g/mol. The zero-order valence-corrected chi connectivity index (χ0v) is 12.4. The van der Waals surface area contributed by atoms with Gasteiger partial charge in [-0.05, 0) is 30.7 Å². The third kappa shape index (κ3) is 3.44. The first-order valence-corrected chi connectivity index (χ1v) is 8.29. The number of aryl methyl sites for hydroxylation is 1. The van der Waals surface area contributed by atoms with E-state index in [0.29, 0.717) is 5.56 Å². The van der Waals surface area contributed by atoms with E-state index < -0.39 is 15.9 Å². The van der Waals surface area contributed by atoms with E-state index in [9.17, 15) is 13.2 Å². The molecule has 0 radical (unpaired) electrons. The molecule has 20 heavy (non-hydrogen) atoms. The summed E-state index contributed by atoms with van der Waals surface area (Å²) < 4.78 is 24.1. The number of hydrogen-bond acceptors (Lipinski definition) is 4. The lowest BCUT2D eigenvalue weighted by Gasteiger charge is -2.06. The molecule has 0 saturated carbocycles. The number of hydrazine groups is 1. The van der Waals surface area contributed by atoms with Crippen molar-refractivity contribution in [3.05, 3.63) is 52.9 Å². The highest BCUT2D eigenvalue weighted by Crippen LogP contribution is 2.21. The minimum Gasteiger partial charge on any atom is -0.273 e. The summed E-state index contributed by atoms with van der Waals surface area (Å²) in [5, 5.41) is 0. The SMILES string of the molecule is CCc1ccc(S(=O)(=O)NNC(=O)c2ccccc2)s1. The van der Waals surface area contributed by atoms with Crippen LogP contribution in [0.5, 0.6) is 0 Å². The van der Waals surface area contributed by atoms with Gasteiger partial charge in [-0.2, -0.15) is 0 Å². The van der Waals surface area contributed by atoms with Gasteiger partial charge < -0.3 is 0 Å². The average Bonchev–Trinajstić information content (AvgIpc) is 2.95. The van der Waals surface area contributed by atoms with Crippen molar-refractivity contribution in [3.8, 4) is 0 Å². The Kier molecular flexibility index (Phi) is 4.53. The Balaban J connectivity index is 2.04. The van der Waals surface area contributed by atoms with Crippen LogP contribution < -0.4 is 10.3 Å². The molecule has 0 saturated heterocycles. The predicted octanol–water partition coefficient (Wildman–Crippen LogP) is 1.93. The Morgan fingerprint density at radius 3 is 2.45 bits per heavy atom. The fourth-order valence-corrected chi connectivity index (χ4v) is 3.65. The molecular formula is C13H14N2O3S2. The van der Waals surface area contributed by atoms with E-state index in [-0.39, 0.29) is 4.21 Å². The number of thiophene rings is 1. The highest BCUT2D eigenvalue weighted by atomic mass is 32.2. The molecule has 1 amide bonds. The van der Waals surface area contributed by atoms with Gasteiger partial charge in [0.05, 0.1) is 0 Å². The summed E-state index contributed by atoms with van der Waals surface area (Å²) in [6.45, 7) is 1.95. The van der Waals surface area contributed by atoms with Crippen LogP contribution in [0.1, 0.15) is 22.2 Å². The van der Waals surface area contributed by atoms with Crippen LogP contribution in [-0.2, 0) is 16.4 Å². The summed E-state index contributed by atoms with van der Waals surface area (Å²) >= 11 is 1.19. The summed E-state index contributed by atoms with van der Waals surface area (Å²) in [6.07, 6.45) is 0.774. The molecule has 2 N–H and O–H groups in total. The Hall–Kier alpha value is -1.70. The smallest absolute Gasteiger partial charge is 0.266 e. The van der Waals surface area contributed by atoms with Gasteiger partial charge in [-0.3, -0.25) is 10.2 Å². The maximum atomic E-state index is 12.0. The largest absolute Gasteiger partial charge is 0.273 e. The van der Waals surface area contributed by atoms with Crippen molar-refractivity contribution in [3.63, 3.8) is 0 Å². The summed E-state index contributed by atoms with van der Waals surface area (Å²) in [5.41, 5.74) is 2.58. The Bertz CT molecular complexity index is 693. The predicted molar refractivity (Wildman–Crippen MR) is 77.9 cm³/mol. The minimum absolute atomic E-state index is 0.183. The molecule has 0 unspecified atom stereocenters. The van der Waals surface area contributed by atoms with Crippen LogP contribution in [0.25, 0.3) is 0 Å². The van der Waals surface area contributed by atoms with Crippen molar-refractivity contribution < 1.29 is 13.2 Å². The molecule has 2 rings (SSSR count). The summed E-state index contributed by atoms with van der Waals surface area (Å²) in [6, 6.07) is 11.7. The van der Waals surface area contributed by atoms with Gasteiger partial charge in [0.2, 0.25) is 0 Å². The third-order valence-electron chi connectivity index (χ3n) is 2.59. The van der Waals surface area contributed by atoms with E-state index in [0.717, 1.165) is 11.3 Å². The topological polar surface area (TPSA) is 75.3 Å². The van der Waals surface area contributed by atoms with E-state index in [1.165, 1.54) is 17.4 Å². The zero-order valence-electron chi connectivity index (χ0n) is 10.8. The molecule has 106 valence electrons. The molecule has 0 bridgehead atoms. The highest BCUT2D eigenvalue weighted by Gasteiger charge is 2.17. The molecule has 1 heterocycles. The first-order chi connectivity index (χ1) is 9.53. The maximum Gasteiger partial charge on any atom is 0.266 e. The van der Waals surface area contributed by atoms with E-state index in [4.69, 9.17) is 0 Å². The van der Waals surface area contributed by atoms with Crippen LogP contribution in [0.4, 0.5) is 0 Å². The number of amides is 1. The van der Waals surface area contributed by atoms with E-state index in [1.807, 2.05) is 6.92 Å². The molecule has 0 spiro atoms. The molecule has 0 atom stereocenters. The van der Waals surface area contributed by atoms with Gasteiger partial charge in [0, 0.05) is 10.4 Å². The fourth-order valence-electron chi connectivity index (χ4n) is 1.52. The molecule has 0 fully saturated rings. The van der Waals surface area contributed by atoms with Crippen molar-refractivity contribution in [2.45, 2.75) is 17.6 Å². The van der Waals surface area contributed by atoms with Crippen LogP contribution in [0.3, 0.4) is 0 Å². The minimum atomic E-state index is -3.72. The van der Waals surface area contributed by atoms with Crippen LogP contribution >= 0.6 is 11.3 Å². The molecule has 0 aliphatic carbocycles. The van der Waals surface area contributed by atoms with Gasteiger partial charge in [0.25, 0.3) is 15.9 Å². The zero-order chi connectivity index (χ0) is 14.6. The summed E-state index contributed by atoms with van der Waals surface area (Å²) in [4.78, 5) is 14.8. The number of carbonyl (C=O) groups excluding carboxylic acids is 1. The van der Waals surface area contributed by atoms with Crippen molar-refractivity contribution in [1.29, 1.82) is 0 Å². The van der Waals surface area contributed by atoms with E-state index >= 15 is 0 Å². The normalized spacial score (nSPS) is 11.2. The molecular weight excluding hydrogens is 296 g/mol. The van der Waals surface area contributed by atoms with Gasteiger partial charge in [-0.1, -0.05) is 25.1 Å². The van der Waals surface area contributed by atoms with Crippen molar-refractivity contribution >= 4 is 27.3 Å². The van der Waals surface area contributed by atoms with E-state index in [2.05, 4.69) is 10.3 Å². The molecule has 0 aliphatic heterocycles. The molecule has 2 aromatic rings. The van der Waals surface area contributed by atoms with Crippen molar-refractivity contribution in [2.75, 3.05) is 0 Å². The van der Waals surface area contributed by atoms with Gasteiger partial charge in [0.1, 0.15) is 4.21 Å². The third-order valence-corrected chi connectivity index (χ3v) is 5.55. The second kappa shape index (κ2) is 6.17. The molecule has 1 aromatic heterocycles. The maximum absolute atomic E-state index is 12.0.